The molecule has 0 saturated carbocycles. The predicted octanol–water partition coefficient (Wildman–Crippen LogP) is 2.35. The van der Waals surface area contributed by atoms with Crippen LogP contribution in [0.5, 0.6) is 5.75 Å². The molecule has 1 saturated heterocycles. The van der Waals surface area contributed by atoms with E-state index in [-0.39, 0.29) is 5.54 Å². The molecular formula is C17H25N3O. The number of piperazine rings is 1. The Morgan fingerprint density at radius 1 is 1.33 bits per heavy atom. The van der Waals surface area contributed by atoms with E-state index in [0.717, 1.165) is 38.3 Å². The van der Waals surface area contributed by atoms with Gasteiger partial charge < -0.3 is 9.64 Å². The van der Waals surface area contributed by atoms with Gasteiger partial charge in [-0.15, -0.1) is 0 Å². The molecule has 1 aliphatic rings. The quantitative estimate of drug-likeness (QED) is 0.779. The Morgan fingerprint density at radius 3 is 2.86 bits per heavy atom. The maximum Gasteiger partial charge on any atom is 0.120 e. The van der Waals surface area contributed by atoms with Crippen LogP contribution in [0.3, 0.4) is 0 Å². The maximum atomic E-state index is 8.86. The van der Waals surface area contributed by atoms with Gasteiger partial charge in [-0.2, -0.15) is 5.26 Å². The third-order valence-corrected chi connectivity index (χ3v) is 4.25. The van der Waals surface area contributed by atoms with E-state index in [2.05, 4.69) is 36.8 Å². The Morgan fingerprint density at radius 2 is 2.14 bits per heavy atom. The van der Waals surface area contributed by atoms with Crippen LogP contribution in [0.2, 0.25) is 0 Å². The van der Waals surface area contributed by atoms with Crippen molar-refractivity contribution in [2.24, 2.45) is 0 Å². The molecule has 0 unspecified atom stereocenters. The van der Waals surface area contributed by atoms with Crippen LogP contribution in [-0.2, 0) is 0 Å². The van der Waals surface area contributed by atoms with Gasteiger partial charge >= 0.3 is 0 Å². The minimum atomic E-state index is 0.250. The van der Waals surface area contributed by atoms with E-state index >= 15 is 0 Å². The Balaban J connectivity index is 1.71. The summed E-state index contributed by atoms with van der Waals surface area (Å²) >= 11 is 0. The van der Waals surface area contributed by atoms with Crippen LogP contribution in [0.25, 0.3) is 0 Å². The second kappa shape index (κ2) is 6.93. The maximum absolute atomic E-state index is 8.86. The van der Waals surface area contributed by atoms with Gasteiger partial charge in [-0.05, 0) is 45.5 Å². The van der Waals surface area contributed by atoms with E-state index < -0.39 is 0 Å². The SMILES string of the molecule is CN1CCN(CCCOc2cccc(C#N)c2)CC1(C)C. The van der Waals surface area contributed by atoms with E-state index in [1.165, 1.54) is 0 Å². The van der Waals surface area contributed by atoms with Gasteiger partial charge in [0.15, 0.2) is 0 Å². The number of rotatable bonds is 5. The summed E-state index contributed by atoms with van der Waals surface area (Å²) in [7, 11) is 2.20. The highest BCUT2D eigenvalue weighted by molar-refractivity contribution is 5.36. The Hall–Kier alpha value is -1.57. The molecule has 2 rings (SSSR count). The van der Waals surface area contributed by atoms with Gasteiger partial charge in [-0.1, -0.05) is 6.07 Å². The molecule has 4 heteroatoms. The van der Waals surface area contributed by atoms with Gasteiger partial charge in [-0.3, -0.25) is 4.90 Å². The largest absolute Gasteiger partial charge is 0.494 e. The summed E-state index contributed by atoms with van der Waals surface area (Å²) in [5, 5.41) is 8.86. The highest BCUT2D eigenvalue weighted by Crippen LogP contribution is 2.19. The molecule has 4 nitrogen and oxygen atoms in total. The standard InChI is InChI=1S/C17H25N3O/c1-17(2)14-20(10-9-19(17)3)8-5-11-21-16-7-4-6-15(12-16)13-18/h4,6-7,12H,5,8-11,14H2,1-3H3. The number of hydrogen-bond donors (Lipinski definition) is 0. The van der Waals surface area contributed by atoms with E-state index in [9.17, 15) is 0 Å². The fraction of sp³-hybridized carbons (Fsp3) is 0.588. The molecule has 1 aromatic carbocycles. The second-order valence-electron chi connectivity index (χ2n) is 6.35. The van der Waals surface area contributed by atoms with Crippen LogP contribution in [-0.4, -0.2) is 55.2 Å². The van der Waals surface area contributed by atoms with Crippen LogP contribution >= 0.6 is 0 Å². The molecule has 0 spiro atoms. The minimum Gasteiger partial charge on any atom is -0.494 e. The molecule has 0 amide bonds. The van der Waals surface area contributed by atoms with Gasteiger partial charge in [0, 0.05) is 31.7 Å². The van der Waals surface area contributed by atoms with Gasteiger partial charge in [0.05, 0.1) is 18.2 Å². The minimum absolute atomic E-state index is 0.250. The summed E-state index contributed by atoms with van der Waals surface area (Å²) in [5.41, 5.74) is 0.897. The summed E-state index contributed by atoms with van der Waals surface area (Å²) in [6.45, 7) is 9.71. The number of benzene rings is 1. The van der Waals surface area contributed by atoms with Gasteiger partial charge in [0.2, 0.25) is 0 Å². The van der Waals surface area contributed by atoms with Crippen LogP contribution < -0.4 is 4.74 Å². The average molecular weight is 287 g/mol. The van der Waals surface area contributed by atoms with Crippen LogP contribution in [0.4, 0.5) is 0 Å². The van der Waals surface area contributed by atoms with E-state index in [1.807, 2.05) is 12.1 Å². The number of hydrogen-bond acceptors (Lipinski definition) is 4. The monoisotopic (exact) mass is 287 g/mol. The van der Waals surface area contributed by atoms with E-state index in [4.69, 9.17) is 10.00 Å². The van der Waals surface area contributed by atoms with Crippen molar-refractivity contribution in [1.82, 2.24) is 9.80 Å². The first-order valence-electron chi connectivity index (χ1n) is 7.58. The summed E-state index contributed by atoms with van der Waals surface area (Å²) in [6.07, 6.45) is 1.01. The van der Waals surface area contributed by atoms with Gasteiger partial charge in [0.25, 0.3) is 0 Å². The predicted molar refractivity (Wildman–Crippen MR) is 84.4 cm³/mol. The normalized spacial score (nSPS) is 19.1. The molecule has 1 aromatic rings. The fourth-order valence-electron chi connectivity index (χ4n) is 2.67. The molecule has 0 aromatic heterocycles. The van der Waals surface area contributed by atoms with Crippen LogP contribution in [0.15, 0.2) is 24.3 Å². The van der Waals surface area contributed by atoms with Crippen molar-refractivity contribution < 1.29 is 4.74 Å². The molecule has 1 fully saturated rings. The van der Waals surface area contributed by atoms with Crippen LogP contribution in [0, 0.1) is 11.3 Å². The molecule has 0 atom stereocenters. The van der Waals surface area contributed by atoms with Gasteiger partial charge in [0.1, 0.15) is 5.75 Å². The molecule has 0 aliphatic carbocycles. The van der Waals surface area contributed by atoms with E-state index in [1.54, 1.807) is 12.1 Å². The lowest BCUT2D eigenvalue weighted by Crippen LogP contribution is -2.57. The number of nitrogens with zero attached hydrogens (tertiary/aromatic N) is 3. The molecule has 0 radical (unpaired) electrons. The third-order valence-electron chi connectivity index (χ3n) is 4.25. The highest BCUT2D eigenvalue weighted by atomic mass is 16.5. The van der Waals surface area contributed by atoms with Crippen molar-refractivity contribution in [2.75, 3.05) is 39.8 Å². The second-order valence-corrected chi connectivity index (χ2v) is 6.35. The van der Waals surface area contributed by atoms with Crippen molar-refractivity contribution in [2.45, 2.75) is 25.8 Å². The lowest BCUT2D eigenvalue weighted by molar-refractivity contribution is 0.0377. The number of ether oxygens (including phenoxy) is 1. The van der Waals surface area contributed by atoms with Crippen molar-refractivity contribution >= 4 is 0 Å². The Labute approximate surface area is 127 Å². The Bertz CT molecular complexity index is 507. The highest BCUT2D eigenvalue weighted by Gasteiger charge is 2.30. The topological polar surface area (TPSA) is 39.5 Å². The third kappa shape index (κ3) is 4.45. The average Bonchev–Trinajstić information content (AvgIpc) is 2.47. The lowest BCUT2D eigenvalue weighted by atomic mass is 10.00. The smallest absolute Gasteiger partial charge is 0.120 e. The van der Waals surface area contributed by atoms with Crippen molar-refractivity contribution in [3.63, 3.8) is 0 Å². The zero-order valence-corrected chi connectivity index (χ0v) is 13.3. The van der Waals surface area contributed by atoms with Gasteiger partial charge in [-0.25, -0.2) is 0 Å². The molecular weight excluding hydrogens is 262 g/mol. The molecule has 0 N–H and O–H groups in total. The molecule has 21 heavy (non-hydrogen) atoms. The first-order chi connectivity index (χ1) is 10.0. The van der Waals surface area contributed by atoms with E-state index in [0.29, 0.717) is 12.2 Å². The lowest BCUT2D eigenvalue weighted by Gasteiger charge is -2.45. The summed E-state index contributed by atoms with van der Waals surface area (Å²) < 4.78 is 5.72. The first-order valence-corrected chi connectivity index (χ1v) is 7.58. The Kier molecular flexibility index (Phi) is 5.22. The summed E-state index contributed by atoms with van der Waals surface area (Å²) in [5.74, 6) is 0.785. The summed E-state index contributed by atoms with van der Waals surface area (Å²) in [6, 6.07) is 9.47. The zero-order valence-electron chi connectivity index (χ0n) is 13.3. The van der Waals surface area contributed by atoms with Crippen molar-refractivity contribution in [3.8, 4) is 11.8 Å². The molecule has 1 aliphatic heterocycles. The van der Waals surface area contributed by atoms with Crippen LogP contribution in [0.1, 0.15) is 25.8 Å². The number of nitriles is 1. The van der Waals surface area contributed by atoms with Crippen molar-refractivity contribution in [3.05, 3.63) is 29.8 Å². The molecule has 114 valence electrons. The fourth-order valence-corrected chi connectivity index (χ4v) is 2.67. The molecule has 0 bridgehead atoms. The summed E-state index contributed by atoms with van der Waals surface area (Å²) in [4.78, 5) is 4.93. The zero-order chi connectivity index (χ0) is 15.3. The van der Waals surface area contributed by atoms with Crippen molar-refractivity contribution in [1.29, 1.82) is 5.26 Å². The first kappa shape index (κ1) is 15.8. The molecule has 1 heterocycles. The number of likely N-dealkylation sites (N-methyl/N-ethyl adjacent to an activating group) is 1.